The molecule has 18 bridgehead atoms. The van der Waals surface area contributed by atoms with Crippen LogP contribution in [0, 0.1) is 121 Å². The first kappa shape index (κ1) is 60.5. The molecule has 3 aromatic carbocycles. The predicted octanol–water partition coefficient (Wildman–Crippen LogP) is 11.4. The minimum absolute atomic E-state index is 0.0224. The number of rotatable bonds is 5. The predicted molar refractivity (Wildman–Crippen MR) is 357 cm³/mol. The molecule has 502 valence electrons. The van der Waals surface area contributed by atoms with Crippen molar-refractivity contribution in [3.63, 3.8) is 0 Å². The van der Waals surface area contributed by atoms with Crippen LogP contribution in [-0.4, -0.2) is 103 Å². The summed E-state index contributed by atoms with van der Waals surface area (Å²) in [5.74, 6) is 6.77. The summed E-state index contributed by atoms with van der Waals surface area (Å²) in [6.07, 6.45) is 25.2. The minimum Gasteiger partial charge on any atom is -0.454 e. The molecule has 7 N–H and O–H groups in total. The number of allylic oxidation sites excluding steroid dienone is 2. The molecule has 11 heteroatoms. The average molecular weight is 1280 g/mol. The van der Waals surface area contributed by atoms with Crippen LogP contribution in [0.1, 0.15) is 193 Å². The molecule has 22 rings (SSSR count). The van der Waals surface area contributed by atoms with Gasteiger partial charge in [0.15, 0.2) is 0 Å². The third kappa shape index (κ3) is 7.02. The van der Waals surface area contributed by atoms with Gasteiger partial charge in [-0.3, -0.25) is 0 Å². The van der Waals surface area contributed by atoms with Gasteiger partial charge < -0.3 is 50.2 Å². The van der Waals surface area contributed by atoms with Gasteiger partial charge in [0, 0.05) is 68.9 Å². The summed E-state index contributed by atoms with van der Waals surface area (Å²) in [4.78, 5) is 31.3. The SMILES string of the molecule is CNC1Cc2c(cccc2CO)C#CC2(CCCC2)CC23CCC4C5(C=O)CC67C8CC9CC(c%10ccccc%10)CCC96CCC8C68CCC9(CC%10C=CCC(C%11CCC(Cc%12cccc(c%12)C6)C%11)C%10CC(C(O)C4(O)C2(O)CC2CC1C1OC(=O)C=C1C23CO)C59O)C7O8. The van der Waals surface area contributed by atoms with E-state index >= 15 is 25.2 Å². The summed E-state index contributed by atoms with van der Waals surface area (Å²) in [5, 5.41) is 91.4. The van der Waals surface area contributed by atoms with Gasteiger partial charge in [-0.05, 0) is 265 Å². The van der Waals surface area contributed by atoms with E-state index in [1.165, 1.54) is 23.0 Å². The lowest BCUT2D eigenvalue weighted by atomic mass is 9.25. The van der Waals surface area contributed by atoms with Crippen molar-refractivity contribution >= 4 is 12.3 Å². The Bertz CT molecular complexity index is 3850. The molecule has 27 unspecified atom stereocenters. The zero-order valence-corrected chi connectivity index (χ0v) is 55.9. The number of hydrogen-bond donors (Lipinski definition) is 7. The zero-order chi connectivity index (χ0) is 64.3. The summed E-state index contributed by atoms with van der Waals surface area (Å²) in [6, 6.07) is 26.5. The number of nitrogens with one attached hydrogen (secondary N) is 1. The van der Waals surface area contributed by atoms with E-state index in [1.807, 2.05) is 19.2 Å². The van der Waals surface area contributed by atoms with Gasteiger partial charge in [0.25, 0.3) is 0 Å². The van der Waals surface area contributed by atoms with E-state index in [2.05, 4.69) is 90.0 Å². The Labute approximate surface area is 561 Å². The Kier molecular flexibility index (Phi) is 12.8. The average Bonchev–Trinajstić information content (AvgIpc) is 1.59. The van der Waals surface area contributed by atoms with Crippen LogP contribution in [0.5, 0.6) is 0 Å². The molecule has 3 aromatic rings. The Morgan fingerprint density at radius 3 is 2.40 bits per heavy atom. The van der Waals surface area contributed by atoms with E-state index in [4.69, 9.17) is 9.47 Å². The number of carbonyl (C=O) groups excluding carboxylic acids is 2. The Morgan fingerprint density at radius 1 is 0.747 bits per heavy atom. The molecule has 11 saturated carbocycles. The summed E-state index contributed by atoms with van der Waals surface area (Å²) in [7, 11) is 1.94. The van der Waals surface area contributed by atoms with Crippen LogP contribution in [0.4, 0.5) is 0 Å². The maximum atomic E-state index is 16.8. The smallest absolute Gasteiger partial charge is 0.331 e. The van der Waals surface area contributed by atoms with Crippen LogP contribution in [0.3, 0.4) is 0 Å². The Balaban J connectivity index is 0.841. The van der Waals surface area contributed by atoms with Gasteiger partial charge in [-0.1, -0.05) is 104 Å². The third-order valence-electron chi connectivity index (χ3n) is 34.4. The fourth-order valence-corrected chi connectivity index (χ4v) is 31.5. The van der Waals surface area contributed by atoms with Crippen molar-refractivity contribution in [2.24, 2.45) is 109 Å². The van der Waals surface area contributed by atoms with Crippen LogP contribution in [0.2, 0.25) is 0 Å². The van der Waals surface area contributed by atoms with Gasteiger partial charge >= 0.3 is 5.97 Å². The number of aldehydes is 1. The first-order valence-electron chi connectivity index (χ1n) is 38.3. The number of ether oxygens (including phenoxy) is 2. The van der Waals surface area contributed by atoms with E-state index in [1.54, 1.807) is 6.08 Å². The summed E-state index contributed by atoms with van der Waals surface area (Å²) >= 11 is 0. The Hall–Kier alpha value is -4.48. The van der Waals surface area contributed by atoms with Crippen LogP contribution in [0.25, 0.3) is 0 Å². The van der Waals surface area contributed by atoms with Gasteiger partial charge in [-0.25, -0.2) is 4.79 Å². The maximum Gasteiger partial charge on any atom is 0.331 e. The largest absolute Gasteiger partial charge is 0.454 e. The number of benzene rings is 3. The molecule has 19 aliphatic rings. The van der Waals surface area contributed by atoms with E-state index in [-0.39, 0.29) is 72.8 Å². The van der Waals surface area contributed by atoms with Crippen LogP contribution in [0.15, 0.2) is 96.6 Å². The molecule has 2 saturated heterocycles. The van der Waals surface area contributed by atoms with Crippen molar-refractivity contribution in [3.8, 4) is 11.8 Å². The molecule has 0 amide bonds. The van der Waals surface area contributed by atoms with E-state index in [0.29, 0.717) is 74.2 Å². The first-order valence-corrected chi connectivity index (χ1v) is 38.3. The number of likely N-dealkylation sites (N-methyl/N-ethyl adjacent to an activating group) is 1. The fraction of sp³-hybridized carbons (Fsp3) is 0.690. The van der Waals surface area contributed by atoms with E-state index in [0.717, 1.165) is 126 Å². The quantitative estimate of drug-likeness (QED) is 0.0558. The number of esters is 1. The number of carbonyl (C=O) groups is 2. The first-order chi connectivity index (χ1) is 46.0. The highest BCUT2D eigenvalue weighted by molar-refractivity contribution is 5.87. The molecular formula is C84H101NO10. The van der Waals surface area contributed by atoms with Crippen molar-refractivity contribution in [3.05, 3.63) is 130 Å². The molecule has 0 radical (unpaired) electrons. The molecule has 95 heavy (non-hydrogen) atoms. The zero-order valence-electron chi connectivity index (χ0n) is 55.9. The number of hydrogen-bond acceptors (Lipinski definition) is 11. The van der Waals surface area contributed by atoms with Gasteiger partial charge in [0.2, 0.25) is 0 Å². The van der Waals surface area contributed by atoms with E-state index in [9.17, 15) is 15.0 Å². The maximum absolute atomic E-state index is 16.8. The summed E-state index contributed by atoms with van der Waals surface area (Å²) in [6.45, 7) is -0.568. The Morgan fingerprint density at radius 2 is 1.58 bits per heavy atom. The minimum atomic E-state index is -2.39. The third-order valence-corrected chi connectivity index (χ3v) is 34.4. The van der Waals surface area contributed by atoms with Crippen molar-refractivity contribution in [1.82, 2.24) is 5.32 Å². The van der Waals surface area contributed by atoms with Gasteiger partial charge in [0.05, 0.1) is 42.0 Å². The number of aliphatic hydroxyl groups excluding tert-OH is 3. The summed E-state index contributed by atoms with van der Waals surface area (Å²) in [5.41, 5.74) is -6.31. The molecule has 15 aliphatic carbocycles. The van der Waals surface area contributed by atoms with Crippen LogP contribution >= 0.6 is 0 Å². The second-order valence-electron chi connectivity index (χ2n) is 36.2. The molecule has 6 spiro atoms. The van der Waals surface area contributed by atoms with Crippen molar-refractivity contribution in [2.75, 3.05) is 13.7 Å². The lowest BCUT2D eigenvalue weighted by Gasteiger charge is -2.83. The standard InChI is InChI=1S/C84H101NO10/c1-85-68-39-61-53(14-8-16-57(61)44-86)20-26-74(24-5-6-25-74)45-79-29-23-69-77(47-87)46-80-65-37-58-35-54(52-12-3-2-4-13-52)21-27-75(58,80)28-22-64(65)78-31-30-76(73(80)95-78)42-56-15-9-17-60(55-19-18-50(34-55)32-49-10-7-11-51(33-49)41-78)62(56)38-67(84(76,77)93)72(90)83(69,92)82(79,91)43-59-36-63(68)71-66(40-70(89)94-71)81(59,79)48-88/h2-4,7-16,33,40,47,50,54-56,58-60,62-65,67-69,71-73,85-86,88,90-93H,5-6,17-19,21-25,27-32,34-39,41-46,48H2,1H3. The molecular weight excluding hydrogens is 1180 g/mol. The molecule has 11 nitrogen and oxygen atoms in total. The lowest BCUT2D eigenvalue weighted by Crippen LogP contribution is -2.91. The van der Waals surface area contributed by atoms with Crippen molar-refractivity contribution in [1.29, 1.82) is 0 Å². The molecule has 27 atom stereocenters. The van der Waals surface area contributed by atoms with Crippen LogP contribution in [-0.2, 0) is 44.9 Å². The van der Waals surface area contributed by atoms with E-state index < -0.39 is 104 Å². The van der Waals surface area contributed by atoms with Gasteiger partial charge in [-0.15, -0.1) is 0 Å². The molecule has 0 aromatic heterocycles. The molecule has 4 aliphatic heterocycles. The second-order valence-corrected chi connectivity index (χ2v) is 36.2. The highest BCUT2D eigenvalue weighted by atomic mass is 16.5. The lowest BCUT2D eigenvalue weighted by molar-refractivity contribution is -0.448. The fourth-order valence-electron chi connectivity index (χ4n) is 31.5. The molecule has 13 fully saturated rings. The normalized spacial score (nSPS) is 52.1. The van der Waals surface area contributed by atoms with Crippen LogP contribution < -0.4 is 5.32 Å². The molecule has 4 heterocycles. The second kappa shape index (κ2) is 20.2. The van der Waals surface area contributed by atoms with Gasteiger partial charge in [0.1, 0.15) is 23.6 Å². The van der Waals surface area contributed by atoms with Crippen molar-refractivity contribution < 1.29 is 49.7 Å². The highest BCUT2D eigenvalue weighted by Crippen LogP contribution is 2.91. The monoisotopic (exact) mass is 1280 g/mol. The highest BCUT2D eigenvalue weighted by Gasteiger charge is 2.95. The number of fused-ring (bicyclic) bond motifs is 5. The van der Waals surface area contributed by atoms with Gasteiger partial charge in [-0.2, -0.15) is 0 Å². The van der Waals surface area contributed by atoms with Crippen molar-refractivity contribution in [2.45, 2.75) is 233 Å². The summed E-state index contributed by atoms with van der Waals surface area (Å²) < 4.78 is 15.4. The number of aliphatic hydroxyl groups is 6. The topological polar surface area (TPSA) is 186 Å².